The van der Waals surface area contributed by atoms with E-state index >= 15 is 0 Å². The molecular weight excluding hydrogens is 267 g/mol. The summed E-state index contributed by atoms with van der Waals surface area (Å²) in [5.41, 5.74) is 0. The van der Waals surface area contributed by atoms with E-state index in [9.17, 15) is 12.8 Å². The summed E-state index contributed by atoms with van der Waals surface area (Å²) in [5.74, 6) is -0.686. The molecule has 0 radical (unpaired) electrons. The Morgan fingerprint density at radius 1 is 1.42 bits per heavy atom. The van der Waals surface area contributed by atoms with Gasteiger partial charge in [-0.2, -0.15) is 4.31 Å². The van der Waals surface area contributed by atoms with Crippen molar-refractivity contribution in [1.29, 1.82) is 0 Å². The van der Waals surface area contributed by atoms with Crippen LogP contribution in [0.4, 0.5) is 4.39 Å². The highest BCUT2D eigenvalue weighted by atomic mass is 32.2. The third-order valence-corrected chi connectivity index (χ3v) is 5.29. The average Bonchev–Trinajstić information content (AvgIpc) is 2.89. The molecule has 1 aliphatic rings. The zero-order valence-electron chi connectivity index (χ0n) is 11.0. The van der Waals surface area contributed by atoms with Gasteiger partial charge in [0.1, 0.15) is 10.7 Å². The van der Waals surface area contributed by atoms with Crippen molar-refractivity contribution < 1.29 is 12.8 Å². The molecule has 0 aliphatic carbocycles. The van der Waals surface area contributed by atoms with Gasteiger partial charge in [0.25, 0.3) is 0 Å². The summed E-state index contributed by atoms with van der Waals surface area (Å²) in [6.45, 7) is 3.78. The Kier molecular flexibility index (Phi) is 4.54. The van der Waals surface area contributed by atoms with E-state index in [0.717, 1.165) is 13.0 Å². The van der Waals surface area contributed by atoms with Gasteiger partial charge in [-0.3, -0.25) is 0 Å². The molecule has 0 spiro atoms. The third-order valence-electron chi connectivity index (χ3n) is 3.31. The first kappa shape index (κ1) is 14.4. The van der Waals surface area contributed by atoms with Gasteiger partial charge in [0.05, 0.1) is 0 Å². The average molecular weight is 286 g/mol. The van der Waals surface area contributed by atoms with Crippen molar-refractivity contribution in [2.45, 2.75) is 30.7 Å². The monoisotopic (exact) mass is 286 g/mol. The molecular formula is C13H19FN2O2S. The molecule has 0 saturated carbocycles. The van der Waals surface area contributed by atoms with Crippen molar-refractivity contribution in [2.24, 2.45) is 0 Å². The van der Waals surface area contributed by atoms with Crippen LogP contribution in [0.25, 0.3) is 0 Å². The smallest absolute Gasteiger partial charge is 0.246 e. The van der Waals surface area contributed by atoms with Crippen molar-refractivity contribution in [1.82, 2.24) is 9.62 Å². The first-order valence-corrected chi connectivity index (χ1v) is 7.98. The second-order valence-electron chi connectivity index (χ2n) is 4.69. The molecule has 1 aromatic rings. The number of sulfonamides is 1. The maximum atomic E-state index is 13.8. The van der Waals surface area contributed by atoms with Crippen LogP contribution in [0.15, 0.2) is 29.2 Å². The summed E-state index contributed by atoms with van der Waals surface area (Å²) in [5, 5.41) is 3.15. The second-order valence-corrected chi connectivity index (χ2v) is 6.55. The van der Waals surface area contributed by atoms with Crippen LogP contribution in [0.5, 0.6) is 0 Å². The molecule has 1 atom stereocenters. The van der Waals surface area contributed by atoms with Gasteiger partial charge in [0.15, 0.2) is 0 Å². The van der Waals surface area contributed by atoms with Crippen LogP contribution in [-0.4, -0.2) is 38.4 Å². The minimum Gasteiger partial charge on any atom is -0.315 e. The molecule has 1 saturated heterocycles. The summed E-state index contributed by atoms with van der Waals surface area (Å²) in [4.78, 5) is -0.227. The van der Waals surface area contributed by atoms with Gasteiger partial charge in [0.2, 0.25) is 10.0 Å². The Hall–Kier alpha value is -0.980. The minimum atomic E-state index is -3.76. The maximum absolute atomic E-state index is 13.8. The van der Waals surface area contributed by atoms with E-state index in [-0.39, 0.29) is 10.9 Å². The molecule has 1 N–H and O–H groups in total. The fraction of sp³-hybridized carbons (Fsp3) is 0.538. The van der Waals surface area contributed by atoms with Crippen molar-refractivity contribution in [2.75, 3.05) is 19.6 Å². The van der Waals surface area contributed by atoms with Gasteiger partial charge in [-0.1, -0.05) is 19.1 Å². The molecule has 2 rings (SSSR count). The van der Waals surface area contributed by atoms with E-state index in [1.807, 2.05) is 6.92 Å². The summed E-state index contributed by atoms with van der Waals surface area (Å²) in [7, 11) is -3.76. The lowest BCUT2D eigenvalue weighted by atomic mass is 10.2. The third kappa shape index (κ3) is 2.96. The molecule has 6 heteroatoms. The van der Waals surface area contributed by atoms with E-state index in [1.54, 1.807) is 6.07 Å². The van der Waals surface area contributed by atoms with Crippen molar-refractivity contribution >= 4 is 10.0 Å². The highest BCUT2D eigenvalue weighted by Gasteiger charge is 2.33. The van der Waals surface area contributed by atoms with Crippen molar-refractivity contribution in [3.63, 3.8) is 0 Å². The van der Waals surface area contributed by atoms with Gasteiger partial charge < -0.3 is 5.32 Å². The Morgan fingerprint density at radius 2 is 2.16 bits per heavy atom. The number of nitrogens with one attached hydrogen (secondary N) is 1. The molecule has 1 aromatic carbocycles. The van der Waals surface area contributed by atoms with Gasteiger partial charge in [-0.05, 0) is 31.5 Å². The standard InChI is InChI=1S/C13H19FN2O2S/c1-2-9-16(11-7-8-15-10-11)19(17,18)13-6-4-3-5-12(13)14/h3-6,11,15H,2,7-10H2,1H3/t11-/m0/s1. The van der Waals surface area contributed by atoms with Gasteiger partial charge in [-0.15, -0.1) is 0 Å². The van der Waals surface area contributed by atoms with Crippen LogP contribution in [0.1, 0.15) is 19.8 Å². The Bertz CT molecular complexity index is 527. The Balaban J connectivity index is 2.36. The lowest BCUT2D eigenvalue weighted by molar-refractivity contribution is 0.333. The Labute approximate surface area is 113 Å². The number of nitrogens with zero attached hydrogens (tertiary/aromatic N) is 1. The zero-order chi connectivity index (χ0) is 13.9. The maximum Gasteiger partial charge on any atom is 0.246 e. The quantitative estimate of drug-likeness (QED) is 0.894. The van der Waals surface area contributed by atoms with E-state index in [4.69, 9.17) is 0 Å². The molecule has 0 aromatic heterocycles. The number of rotatable bonds is 5. The normalized spacial score (nSPS) is 20.1. The van der Waals surface area contributed by atoms with E-state index in [2.05, 4.69) is 5.32 Å². The molecule has 1 heterocycles. The zero-order valence-corrected chi connectivity index (χ0v) is 11.8. The van der Waals surface area contributed by atoms with Crippen LogP contribution >= 0.6 is 0 Å². The number of benzene rings is 1. The van der Waals surface area contributed by atoms with Gasteiger partial charge >= 0.3 is 0 Å². The second kappa shape index (κ2) is 5.98. The largest absolute Gasteiger partial charge is 0.315 e. The molecule has 1 fully saturated rings. The van der Waals surface area contributed by atoms with Gasteiger partial charge in [-0.25, -0.2) is 12.8 Å². The summed E-state index contributed by atoms with van der Waals surface area (Å²) >= 11 is 0. The van der Waals surface area contributed by atoms with E-state index < -0.39 is 15.8 Å². The SMILES string of the molecule is CCCN([C@H]1CCNC1)S(=O)(=O)c1ccccc1F. The van der Waals surface area contributed by atoms with Crippen LogP contribution < -0.4 is 5.32 Å². The molecule has 1 aliphatic heterocycles. The molecule has 106 valence electrons. The fourth-order valence-corrected chi connectivity index (χ4v) is 4.20. The number of hydrogen-bond donors (Lipinski definition) is 1. The lowest BCUT2D eigenvalue weighted by Gasteiger charge is -2.27. The van der Waals surface area contributed by atoms with Crippen LogP contribution in [0.2, 0.25) is 0 Å². The molecule has 19 heavy (non-hydrogen) atoms. The number of halogens is 1. The van der Waals surface area contributed by atoms with Crippen LogP contribution in [-0.2, 0) is 10.0 Å². The molecule has 4 nitrogen and oxygen atoms in total. The lowest BCUT2D eigenvalue weighted by Crippen LogP contribution is -2.42. The first-order chi connectivity index (χ1) is 9.07. The highest BCUT2D eigenvalue weighted by molar-refractivity contribution is 7.89. The van der Waals surface area contributed by atoms with Crippen LogP contribution in [0.3, 0.4) is 0 Å². The fourth-order valence-electron chi connectivity index (χ4n) is 2.38. The van der Waals surface area contributed by atoms with Gasteiger partial charge in [0, 0.05) is 19.1 Å². The Morgan fingerprint density at radius 3 is 2.74 bits per heavy atom. The highest BCUT2D eigenvalue weighted by Crippen LogP contribution is 2.23. The predicted molar refractivity (Wildman–Crippen MR) is 71.9 cm³/mol. The summed E-state index contributed by atoms with van der Waals surface area (Å²) in [6.07, 6.45) is 1.48. The topological polar surface area (TPSA) is 49.4 Å². The predicted octanol–water partition coefficient (Wildman–Crippen LogP) is 1.59. The van der Waals surface area contributed by atoms with E-state index in [0.29, 0.717) is 19.5 Å². The van der Waals surface area contributed by atoms with Crippen molar-refractivity contribution in [3.05, 3.63) is 30.1 Å². The summed E-state index contributed by atoms with van der Waals surface area (Å²) in [6, 6.07) is 5.48. The van der Waals surface area contributed by atoms with E-state index in [1.165, 1.54) is 22.5 Å². The molecule has 0 amide bonds. The minimum absolute atomic E-state index is 0.0791. The summed E-state index contributed by atoms with van der Waals surface area (Å²) < 4.78 is 40.4. The van der Waals surface area contributed by atoms with Crippen molar-refractivity contribution in [3.8, 4) is 0 Å². The first-order valence-electron chi connectivity index (χ1n) is 6.54. The molecule has 0 bridgehead atoms. The molecule has 0 unspecified atom stereocenters. The number of hydrogen-bond acceptors (Lipinski definition) is 3. The van der Waals surface area contributed by atoms with Crippen LogP contribution in [0, 0.1) is 5.82 Å².